The molecule has 0 aliphatic carbocycles. The van der Waals surface area contributed by atoms with E-state index in [1.54, 1.807) is 21.8 Å². The topological polar surface area (TPSA) is 107 Å². The molecule has 0 saturated heterocycles. The van der Waals surface area contributed by atoms with Gasteiger partial charge in [-0.1, -0.05) is 29.8 Å². The van der Waals surface area contributed by atoms with Crippen molar-refractivity contribution in [1.82, 2.24) is 29.9 Å². The zero-order chi connectivity index (χ0) is 22.8. The third kappa shape index (κ3) is 3.96. The third-order valence-electron chi connectivity index (χ3n) is 5.23. The summed E-state index contributed by atoms with van der Waals surface area (Å²) in [6, 6.07) is 10.2. The number of fused-ring (bicyclic) bond motifs is 1. The van der Waals surface area contributed by atoms with Crippen LogP contribution >= 0.6 is 0 Å². The lowest BCUT2D eigenvalue weighted by atomic mass is 10.0. The number of amides is 2. The molecule has 0 aliphatic heterocycles. The van der Waals surface area contributed by atoms with Crippen LogP contribution in [0.15, 0.2) is 42.7 Å². The molecular weight excluding hydrogens is 406 g/mol. The van der Waals surface area contributed by atoms with Crippen LogP contribution in [0.1, 0.15) is 28.7 Å². The van der Waals surface area contributed by atoms with E-state index < -0.39 is 0 Å². The Morgan fingerprint density at radius 3 is 2.66 bits per heavy atom. The number of anilines is 1. The Bertz CT molecular complexity index is 1320. The molecule has 0 atom stereocenters. The van der Waals surface area contributed by atoms with Gasteiger partial charge in [0.2, 0.25) is 5.91 Å². The second kappa shape index (κ2) is 8.62. The summed E-state index contributed by atoms with van der Waals surface area (Å²) < 4.78 is 3.19. The van der Waals surface area contributed by atoms with Gasteiger partial charge in [-0.15, -0.1) is 0 Å². The number of carbonyl (C=O) groups excluding carboxylic acids is 2. The smallest absolute Gasteiger partial charge is 0.273 e. The van der Waals surface area contributed by atoms with Gasteiger partial charge in [0.1, 0.15) is 6.54 Å². The Hall–Kier alpha value is -4.01. The van der Waals surface area contributed by atoms with Gasteiger partial charge in [0.25, 0.3) is 5.91 Å². The summed E-state index contributed by atoms with van der Waals surface area (Å²) in [6.07, 6.45) is 3.37. The van der Waals surface area contributed by atoms with Crippen LogP contribution in [-0.4, -0.2) is 43.4 Å². The fourth-order valence-electron chi connectivity index (χ4n) is 3.73. The van der Waals surface area contributed by atoms with Crippen molar-refractivity contribution < 1.29 is 9.59 Å². The molecule has 0 fully saturated rings. The predicted molar refractivity (Wildman–Crippen MR) is 122 cm³/mol. The SMILES string of the molecule is CCn1cc(NC(=O)Cn2nc(C)c3c(-c4cccc(C)c4)ccnc32)c(C(=O)NC)n1. The highest BCUT2D eigenvalue weighted by molar-refractivity contribution is 6.02. The van der Waals surface area contributed by atoms with Gasteiger partial charge in [-0.3, -0.25) is 14.3 Å². The fraction of sp³-hybridized carbons (Fsp3) is 0.261. The molecule has 4 rings (SSSR count). The third-order valence-corrected chi connectivity index (χ3v) is 5.23. The van der Waals surface area contributed by atoms with Gasteiger partial charge in [-0.25, -0.2) is 9.67 Å². The van der Waals surface area contributed by atoms with Crippen molar-refractivity contribution in [3.05, 3.63) is 59.7 Å². The molecule has 0 radical (unpaired) electrons. The van der Waals surface area contributed by atoms with Gasteiger partial charge in [0.05, 0.1) is 11.4 Å². The number of nitrogens with one attached hydrogen (secondary N) is 2. The summed E-state index contributed by atoms with van der Waals surface area (Å²) in [5.41, 5.74) is 5.22. The van der Waals surface area contributed by atoms with Gasteiger partial charge in [0, 0.05) is 31.4 Å². The summed E-state index contributed by atoms with van der Waals surface area (Å²) in [5.74, 6) is -0.685. The van der Waals surface area contributed by atoms with E-state index in [0.717, 1.165) is 27.8 Å². The van der Waals surface area contributed by atoms with E-state index in [2.05, 4.69) is 50.9 Å². The van der Waals surface area contributed by atoms with Crippen molar-refractivity contribution >= 4 is 28.5 Å². The second-order valence-corrected chi connectivity index (χ2v) is 7.54. The fourth-order valence-corrected chi connectivity index (χ4v) is 3.73. The zero-order valence-electron chi connectivity index (χ0n) is 18.5. The van der Waals surface area contributed by atoms with E-state index in [9.17, 15) is 9.59 Å². The maximum absolute atomic E-state index is 12.8. The van der Waals surface area contributed by atoms with Crippen molar-refractivity contribution in [2.45, 2.75) is 33.9 Å². The van der Waals surface area contributed by atoms with Gasteiger partial charge < -0.3 is 10.6 Å². The van der Waals surface area contributed by atoms with E-state index in [4.69, 9.17) is 0 Å². The number of hydrogen-bond donors (Lipinski definition) is 2. The Morgan fingerprint density at radius 1 is 1.12 bits per heavy atom. The molecule has 0 bridgehead atoms. The number of hydrogen-bond acceptors (Lipinski definition) is 5. The monoisotopic (exact) mass is 431 g/mol. The van der Waals surface area contributed by atoms with Crippen LogP contribution in [0.5, 0.6) is 0 Å². The van der Waals surface area contributed by atoms with E-state index in [-0.39, 0.29) is 24.1 Å². The van der Waals surface area contributed by atoms with Gasteiger partial charge in [-0.05, 0) is 38.0 Å². The maximum atomic E-state index is 12.8. The van der Waals surface area contributed by atoms with Crippen LogP contribution in [0.2, 0.25) is 0 Å². The first-order valence-electron chi connectivity index (χ1n) is 10.4. The van der Waals surface area contributed by atoms with E-state index >= 15 is 0 Å². The molecule has 3 aromatic heterocycles. The highest BCUT2D eigenvalue weighted by atomic mass is 16.2. The minimum atomic E-state index is -0.364. The number of rotatable bonds is 6. The summed E-state index contributed by atoms with van der Waals surface area (Å²) >= 11 is 0. The highest BCUT2D eigenvalue weighted by Crippen LogP contribution is 2.30. The molecule has 2 N–H and O–H groups in total. The Labute approximate surface area is 185 Å². The Morgan fingerprint density at radius 2 is 1.94 bits per heavy atom. The first-order valence-corrected chi connectivity index (χ1v) is 10.4. The van der Waals surface area contributed by atoms with Gasteiger partial charge in [-0.2, -0.15) is 10.2 Å². The average molecular weight is 432 g/mol. The number of nitrogens with zero attached hydrogens (tertiary/aromatic N) is 5. The van der Waals surface area contributed by atoms with E-state index in [0.29, 0.717) is 17.9 Å². The minimum Gasteiger partial charge on any atom is -0.354 e. The molecule has 1 aromatic carbocycles. The van der Waals surface area contributed by atoms with Crippen LogP contribution in [0.25, 0.3) is 22.2 Å². The number of benzene rings is 1. The van der Waals surface area contributed by atoms with Crippen molar-refractivity contribution in [3.8, 4) is 11.1 Å². The van der Waals surface area contributed by atoms with E-state index in [1.807, 2.05) is 26.0 Å². The molecule has 3 heterocycles. The molecule has 0 saturated carbocycles. The van der Waals surface area contributed by atoms with Crippen LogP contribution in [0.4, 0.5) is 5.69 Å². The summed E-state index contributed by atoms with van der Waals surface area (Å²) in [7, 11) is 1.52. The number of aromatic nitrogens is 5. The lowest BCUT2D eigenvalue weighted by molar-refractivity contribution is -0.116. The molecule has 4 aromatic rings. The van der Waals surface area contributed by atoms with Crippen LogP contribution in [0, 0.1) is 13.8 Å². The molecule has 0 unspecified atom stereocenters. The highest BCUT2D eigenvalue weighted by Gasteiger charge is 2.20. The quantitative estimate of drug-likeness (QED) is 0.488. The Balaban J connectivity index is 1.65. The van der Waals surface area contributed by atoms with Crippen molar-refractivity contribution in [2.75, 3.05) is 12.4 Å². The van der Waals surface area contributed by atoms with Crippen molar-refractivity contribution in [1.29, 1.82) is 0 Å². The van der Waals surface area contributed by atoms with E-state index in [1.165, 1.54) is 7.05 Å². The molecule has 0 spiro atoms. The second-order valence-electron chi connectivity index (χ2n) is 7.54. The normalized spacial score (nSPS) is 11.0. The number of pyridine rings is 1. The van der Waals surface area contributed by atoms with Gasteiger partial charge >= 0.3 is 0 Å². The molecule has 2 amide bonds. The maximum Gasteiger partial charge on any atom is 0.273 e. The molecule has 0 aliphatic rings. The largest absolute Gasteiger partial charge is 0.354 e. The van der Waals surface area contributed by atoms with Crippen molar-refractivity contribution in [3.63, 3.8) is 0 Å². The van der Waals surface area contributed by atoms with Gasteiger partial charge in [0.15, 0.2) is 11.3 Å². The number of aryl methyl sites for hydroxylation is 3. The first-order chi connectivity index (χ1) is 15.4. The molecule has 32 heavy (non-hydrogen) atoms. The molecule has 164 valence electrons. The molecular formula is C23H25N7O2. The van der Waals surface area contributed by atoms with Crippen LogP contribution in [0.3, 0.4) is 0 Å². The standard InChI is InChI=1S/C23H25N7O2/c1-5-29-12-18(21(28-29)23(32)24-4)26-19(31)13-30-22-20(15(3)27-30)17(9-10-25-22)16-8-6-7-14(2)11-16/h6-12H,5,13H2,1-4H3,(H,24,32)(H,26,31). The summed E-state index contributed by atoms with van der Waals surface area (Å²) in [4.78, 5) is 29.4. The lowest BCUT2D eigenvalue weighted by Gasteiger charge is -2.07. The predicted octanol–water partition coefficient (Wildman–Crippen LogP) is 2.93. The summed E-state index contributed by atoms with van der Waals surface area (Å²) in [5, 5.41) is 15.0. The minimum absolute atomic E-state index is 0.0426. The number of carbonyl (C=O) groups is 2. The zero-order valence-corrected chi connectivity index (χ0v) is 18.5. The van der Waals surface area contributed by atoms with Crippen molar-refractivity contribution in [2.24, 2.45) is 0 Å². The van der Waals surface area contributed by atoms with Crippen LogP contribution in [-0.2, 0) is 17.9 Å². The first kappa shape index (κ1) is 21.2. The average Bonchev–Trinajstić information content (AvgIpc) is 3.34. The molecule has 9 heteroatoms. The van der Waals surface area contributed by atoms with Crippen LogP contribution < -0.4 is 10.6 Å². The Kier molecular flexibility index (Phi) is 5.72. The summed E-state index contributed by atoms with van der Waals surface area (Å²) in [6.45, 7) is 6.40. The lowest BCUT2D eigenvalue weighted by Crippen LogP contribution is -2.23. The molecule has 9 nitrogen and oxygen atoms in total.